The molecule has 0 spiro atoms. The zero-order valence-electron chi connectivity index (χ0n) is 19.9. The average molecular weight is 453 g/mol. The molecule has 8 heteroatoms. The highest BCUT2D eigenvalue weighted by Crippen LogP contribution is 2.25. The molecule has 0 bridgehead atoms. The van der Waals surface area contributed by atoms with Crippen LogP contribution in [0, 0.1) is 0 Å². The summed E-state index contributed by atoms with van der Waals surface area (Å²) in [5.41, 5.74) is 4.08. The Balaban J connectivity index is 1.70. The number of benzene rings is 1. The summed E-state index contributed by atoms with van der Waals surface area (Å²) in [6.07, 6.45) is 4.46. The number of hydrogen-bond acceptors (Lipinski definition) is 5. The van der Waals surface area contributed by atoms with Gasteiger partial charge < -0.3 is 19.4 Å². The van der Waals surface area contributed by atoms with E-state index in [1.54, 1.807) is 30.9 Å². The number of ether oxygens (including phenoxy) is 2. The highest BCUT2D eigenvalue weighted by atomic mass is 16.5. The van der Waals surface area contributed by atoms with E-state index in [0.29, 0.717) is 37.4 Å². The Morgan fingerprint density at radius 3 is 2.48 bits per heavy atom. The summed E-state index contributed by atoms with van der Waals surface area (Å²) in [5, 5.41) is 7.47. The van der Waals surface area contributed by atoms with Crippen molar-refractivity contribution in [3.05, 3.63) is 59.7 Å². The van der Waals surface area contributed by atoms with Gasteiger partial charge >= 0.3 is 5.97 Å². The van der Waals surface area contributed by atoms with E-state index in [0.717, 1.165) is 22.7 Å². The summed E-state index contributed by atoms with van der Waals surface area (Å²) in [7, 11) is 1.64. The molecule has 2 aromatic heterocycles. The number of carbonyl (C=O) groups excluding carboxylic acids is 2. The van der Waals surface area contributed by atoms with Gasteiger partial charge in [0.1, 0.15) is 11.4 Å². The second-order valence-electron chi connectivity index (χ2n) is 7.99. The van der Waals surface area contributed by atoms with E-state index in [9.17, 15) is 9.59 Å². The number of esters is 1. The van der Waals surface area contributed by atoms with Crippen LogP contribution in [0.3, 0.4) is 0 Å². The van der Waals surface area contributed by atoms with Gasteiger partial charge in [0.15, 0.2) is 0 Å². The number of aromatic nitrogens is 3. The number of anilines is 1. The molecule has 0 aliphatic heterocycles. The number of hydrogen-bond donors (Lipinski definition) is 1. The summed E-state index contributed by atoms with van der Waals surface area (Å²) in [6, 6.07) is 9.39. The number of rotatable bonds is 10. The molecule has 176 valence electrons. The highest BCUT2D eigenvalue weighted by Gasteiger charge is 2.18. The first-order chi connectivity index (χ1) is 15.9. The molecule has 1 aromatic carbocycles. The molecule has 0 saturated heterocycles. The van der Waals surface area contributed by atoms with E-state index in [-0.39, 0.29) is 11.8 Å². The Morgan fingerprint density at radius 2 is 1.88 bits per heavy atom. The number of carbonyl (C=O) groups is 2. The average Bonchev–Trinajstić information content (AvgIpc) is 3.42. The monoisotopic (exact) mass is 452 g/mol. The van der Waals surface area contributed by atoms with Crippen molar-refractivity contribution in [2.45, 2.75) is 53.0 Å². The lowest BCUT2D eigenvalue weighted by Crippen LogP contribution is -2.13. The van der Waals surface area contributed by atoms with Crippen molar-refractivity contribution < 1.29 is 19.1 Å². The van der Waals surface area contributed by atoms with Crippen LogP contribution >= 0.6 is 0 Å². The van der Waals surface area contributed by atoms with E-state index in [1.807, 2.05) is 42.1 Å². The molecule has 0 saturated carbocycles. The zero-order chi connectivity index (χ0) is 24.0. The van der Waals surface area contributed by atoms with E-state index in [4.69, 9.17) is 9.47 Å². The van der Waals surface area contributed by atoms with Crippen molar-refractivity contribution >= 4 is 17.6 Å². The number of nitrogens with one attached hydrogen (secondary N) is 1. The minimum atomic E-state index is -0.396. The number of amides is 1. The van der Waals surface area contributed by atoms with Crippen LogP contribution in [-0.2, 0) is 22.5 Å². The lowest BCUT2D eigenvalue weighted by atomic mass is 10.0. The van der Waals surface area contributed by atoms with Gasteiger partial charge in [-0.05, 0) is 62.1 Å². The molecule has 2 heterocycles. The summed E-state index contributed by atoms with van der Waals surface area (Å²) in [5.74, 6) is 0.508. The van der Waals surface area contributed by atoms with Crippen molar-refractivity contribution in [3.63, 3.8) is 0 Å². The lowest BCUT2D eigenvalue weighted by molar-refractivity contribution is -0.116. The maximum absolute atomic E-state index is 12.6. The highest BCUT2D eigenvalue weighted by molar-refractivity contribution is 5.94. The fourth-order valence-electron chi connectivity index (χ4n) is 3.82. The lowest BCUT2D eigenvalue weighted by Gasteiger charge is -2.13. The topological polar surface area (TPSA) is 87.4 Å². The Bertz CT molecular complexity index is 1100. The molecule has 0 aliphatic carbocycles. The third kappa shape index (κ3) is 5.63. The van der Waals surface area contributed by atoms with Crippen molar-refractivity contribution in [3.8, 4) is 11.4 Å². The molecule has 0 atom stereocenters. The van der Waals surface area contributed by atoms with Crippen molar-refractivity contribution in [2.24, 2.45) is 0 Å². The van der Waals surface area contributed by atoms with E-state index in [1.165, 1.54) is 0 Å². The van der Waals surface area contributed by atoms with Crippen LogP contribution in [0.4, 0.5) is 5.69 Å². The fourth-order valence-corrected chi connectivity index (χ4v) is 3.82. The smallest absolute Gasteiger partial charge is 0.355 e. The molecule has 0 unspecified atom stereocenters. The SMILES string of the molecule is CCOC(=O)c1cc(NC(=O)CCc2cnn(-c3ccc(OC)cc3)c2C(C)C)cn1CC. The molecule has 0 radical (unpaired) electrons. The molecular weight excluding hydrogens is 420 g/mol. The van der Waals surface area contributed by atoms with Crippen LogP contribution in [0.5, 0.6) is 5.75 Å². The maximum Gasteiger partial charge on any atom is 0.355 e. The van der Waals surface area contributed by atoms with Gasteiger partial charge in [-0.15, -0.1) is 0 Å². The summed E-state index contributed by atoms with van der Waals surface area (Å²) in [4.78, 5) is 24.8. The molecule has 33 heavy (non-hydrogen) atoms. The van der Waals surface area contributed by atoms with Gasteiger partial charge in [-0.25, -0.2) is 9.48 Å². The van der Waals surface area contributed by atoms with Crippen LogP contribution in [0.1, 0.15) is 61.8 Å². The first kappa shape index (κ1) is 24.1. The molecule has 8 nitrogen and oxygen atoms in total. The Morgan fingerprint density at radius 1 is 1.15 bits per heavy atom. The van der Waals surface area contributed by atoms with Gasteiger partial charge in [0, 0.05) is 24.9 Å². The van der Waals surface area contributed by atoms with Crippen LogP contribution in [-0.4, -0.2) is 39.9 Å². The van der Waals surface area contributed by atoms with Crippen molar-refractivity contribution in [1.29, 1.82) is 0 Å². The number of nitrogens with zero attached hydrogens (tertiary/aromatic N) is 3. The third-order valence-corrected chi connectivity index (χ3v) is 5.38. The number of aryl methyl sites for hydroxylation is 2. The van der Waals surface area contributed by atoms with Gasteiger partial charge in [-0.3, -0.25) is 4.79 Å². The minimum Gasteiger partial charge on any atom is -0.497 e. The van der Waals surface area contributed by atoms with Gasteiger partial charge in [-0.1, -0.05) is 13.8 Å². The van der Waals surface area contributed by atoms with Crippen LogP contribution < -0.4 is 10.1 Å². The second kappa shape index (κ2) is 10.8. The van der Waals surface area contributed by atoms with Gasteiger partial charge in [0.25, 0.3) is 0 Å². The Hall–Kier alpha value is -3.55. The maximum atomic E-state index is 12.6. The molecular formula is C25H32N4O4. The predicted molar refractivity (Wildman–Crippen MR) is 127 cm³/mol. The predicted octanol–water partition coefficient (Wildman–Crippen LogP) is 4.57. The first-order valence-electron chi connectivity index (χ1n) is 11.3. The number of methoxy groups -OCH3 is 1. The largest absolute Gasteiger partial charge is 0.497 e. The Kier molecular flexibility index (Phi) is 7.92. The zero-order valence-corrected chi connectivity index (χ0v) is 19.9. The van der Waals surface area contributed by atoms with Gasteiger partial charge in [0.05, 0.1) is 31.3 Å². The molecule has 1 N–H and O–H groups in total. The van der Waals surface area contributed by atoms with Crippen LogP contribution in [0.25, 0.3) is 5.69 Å². The second-order valence-corrected chi connectivity index (χ2v) is 7.99. The van der Waals surface area contributed by atoms with Gasteiger partial charge in [-0.2, -0.15) is 5.10 Å². The summed E-state index contributed by atoms with van der Waals surface area (Å²) < 4.78 is 14.0. The standard InChI is InChI=1S/C25H32N4O4/c1-6-28-16-19(14-22(28)25(31)33-7-2)27-23(30)13-8-18-15-26-29(24(18)17(3)4)20-9-11-21(32-5)12-10-20/h9-12,14-17H,6-8,13H2,1-5H3,(H,27,30). The summed E-state index contributed by atoms with van der Waals surface area (Å²) >= 11 is 0. The van der Waals surface area contributed by atoms with Crippen LogP contribution in [0.15, 0.2) is 42.7 Å². The quantitative estimate of drug-likeness (QED) is 0.455. The van der Waals surface area contributed by atoms with E-state index < -0.39 is 5.97 Å². The molecule has 0 aliphatic rings. The van der Waals surface area contributed by atoms with E-state index in [2.05, 4.69) is 24.3 Å². The van der Waals surface area contributed by atoms with Crippen LogP contribution in [0.2, 0.25) is 0 Å². The molecule has 0 fully saturated rings. The van der Waals surface area contributed by atoms with Crippen molar-refractivity contribution in [1.82, 2.24) is 14.3 Å². The Labute approximate surface area is 194 Å². The molecule has 3 aromatic rings. The van der Waals surface area contributed by atoms with E-state index >= 15 is 0 Å². The van der Waals surface area contributed by atoms with Crippen molar-refractivity contribution in [2.75, 3.05) is 19.0 Å². The summed E-state index contributed by atoms with van der Waals surface area (Å²) in [6.45, 7) is 8.84. The molecule has 1 amide bonds. The first-order valence-corrected chi connectivity index (χ1v) is 11.3. The minimum absolute atomic E-state index is 0.120. The third-order valence-electron chi connectivity index (χ3n) is 5.38. The normalized spacial score (nSPS) is 11.0. The fraction of sp³-hybridized carbons (Fsp3) is 0.400. The molecule has 3 rings (SSSR count). The van der Waals surface area contributed by atoms with Gasteiger partial charge in [0.2, 0.25) is 5.91 Å².